The minimum Gasteiger partial charge on any atom is -0.495 e. The highest BCUT2D eigenvalue weighted by atomic mass is 79.9. The van der Waals surface area contributed by atoms with Crippen molar-refractivity contribution in [2.75, 3.05) is 12.4 Å². The summed E-state index contributed by atoms with van der Waals surface area (Å²) >= 11 is 3.33. The monoisotopic (exact) mass is 279 g/mol. The number of anilines is 2. The summed E-state index contributed by atoms with van der Waals surface area (Å²) in [7, 11) is 1.61. The Kier molecular flexibility index (Phi) is 3.36. The smallest absolute Gasteiger partial charge is 0.137 e. The van der Waals surface area contributed by atoms with E-state index in [0.717, 1.165) is 21.9 Å². The van der Waals surface area contributed by atoms with Crippen LogP contribution in [0.3, 0.4) is 0 Å². The zero-order valence-corrected chi connectivity index (χ0v) is 10.2. The molecule has 2 heterocycles. The molecule has 0 saturated heterocycles. The molecule has 0 amide bonds. The van der Waals surface area contributed by atoms with E-state index in [-0.39, 0.29) is 0 Å². The van der Waals surface area contributed by atoms with Crippen molar-refractivity contribution in [1.29, 1.82) is 0 Å². The van der Waals surface area contributed by atoms with E-state index >= 15 is 0 Å². The van der Waals surface area contributed by atoms with Gasteiger partial charge in [0.25, 0.3) is 0 Å². The first kappa shape index (κ1) is 10.9. The van der Waals surface area contributed by atoms with Crippen LogP contribution in [0.25, 0.3) is 0 Å². The molecule has 0 aliphatic rings. The van der Waals surface area contributed by atoms with Crippen molar-refractivity contribution in [3.63, 3.8) is 0 Å². The van der Waals surface area contributed by atoms with Gasteiger partial charge in [0.05, 0.1) is 13.3 Å². The number of ether oxygens (including phenoxy) is 1. The van der Waals surface area contributed by atoms with E-state index in [4.69, 9.17) is 4.74 Å². The fraction of sp³-hybridized carbons (Fsp3) is 0.0909. The molecule has 0 aliphatic heterocycles. The predicted molar refractivity (Wildman–Crippen MR) is 66.0 cm³/mol. The first-order chi connectivity index (χ1) is 7.78. The van der Waals surface area contributed by atoms with Gasteiger partial charge < -0.3 is 10.1 Å². The number of halogens is 1. The molecule has 1 N–H and O–H groups in total. The summed E-state index contributed by atoms with van der Waals surface area (Å²) in [4.78, 5) is 8.37. The normalized spacial score (nSPS) is 9.88. The summed E-state index contributed by atoms with van der Waals surface area (Å²) in [6, 6.07) is 7.46. The Bertz CT molecular complexity index is 456. The number of hydrogen-bond donors (Lipinski definition) is 1. The molecule has 0 atom stereocenters. The van der Waals surface area contributed by atoms with Crippen molar-refractivity contribution in [3.8, 4) is 5.75 Å². The Morgan fingerprint density at radius 1 is 1.06 bits per heavy atom. The van der Waals surface area contributed by atoms with Gasteiger partial charge in [0, 0.05) is 10.7 Å². The Morgan fingerprint density at radius 2 is 1.75 bits per heavy atom. The molecule has 0 saturated carbocycles. The summed E-state index contributed by atoms with van der Waals surface area (Å²) in [6.07, 6.45) is 3.38. The van der Waals surface area contributed by atoms with Crippen LogP contribution in [0.15, 0.2) is 41.1 Å². The summed E-state index contributed by atoms with van der Waals surface area (Å²) in [5, 5.41) is 3.08. The lowest BCUT2D eigenvalue weighted by atomic mass is 10.4. The lowest BCUT2D eigenvalue weighted by Gasteiger charge is -2.05. The van der Waals surface area contributed by atoms with Crippen molar-refractivity contribution in [2.24, 2.45) is 0 Å². The van der Waals surface area contributed by atoms with Gasteiger partial charge in [-0.15, -0.1) is 0 Å². The fourth-order valence-corrected chi connectivity index (χ4v) is 1.39. The molecule has 2 rings (SSSR count). The molecule has 0 bridgehead atoms. The maximum atomic E-state index is 5.02. The Labute approximate surface area is 102 Å². The highest BCUT2D eigenvalue weighted by Crippen LogP contribution is 2.16. The van der Waals surface area contributed by atoms with Crippen molar-refractivity contribution in [1.82, 2.24) is 9.97 Å². The zero-order valence-electron chi connectivity index (χ0n) is 8.64. The van der Waals surface area contributed by atoms with Crippen LogP contribution in [0, 0.1) is 0 Å². The largest absolute Gasteiger partial charge is 0.495 e. The SMILES string of the molecule is COc1ccc(Nc2ccc(Br)cn2)nc1. The molecule has 0 unspecified atom stereocenters. The summed E-state index contributed by atoms with van der Waals surface area (Å²) in [6.45, 7) is 0. The highest BCUT2D eigenvalue weighted by molar-refractivity contribution is 9.10. The molecule has 0 aliphatic carbocycles. The van der Waals surface area contributed by atoms with Crippen LogP contribution in [0.5, 0.6) is 5.75 Å². The van der Waals surface area contributed by atoms with Gasteiger partial charge in [0.2, 0.25) is 0 Å². The fourth-order valence-electron chi connectivity index (χ4n) is 1.16. The van der Waals surface area contributed by atoms with E-state index in [1.54, 1.807) is 19.5 Å². The average molecular weight is 280 g/mol. The Balaban J connectivity index is 2.11. The molecule has 4 nitrogen and oxygen atoms in total. The molecule has 0 fully saturated rings. The standard InChI is InChI=1S/C11H10BrN3O/c1-16-9-3-5-11(14-7-9)15-10-4-2-8(12)6-13-10/h2-7H,1H3,(H,13,14,15). The first-order valence-corrected chi connectivity index (χ1v) is 5.46. The van der Waals surface area contributed by atoms with E-state index in [1.165, 1.54) is 0 Å². The number of rotatable bonds is 3. The number of methoxy groups -OCH3 is 1. The van der Waals surface area contributed by atoms with E-state index in [2.05, 4.69) is 31.2 Å². The van der Waals surface area contributed by atoms with Gasteiger partial charge in [-0.1, -0.05) is 0 Å². The van der Waals surface area contributed by atoms with E-state index in [0.29, 0.717) is 0 Å². The number of pyridine rings is 2. The molecule has 0 aromatic carbocycles. The number of nitrogens with zero attached hydrogens (tertiary/aromatic N) is 2. The van der Waals surface area contributed by atoms with Crippen molar-refractivity contribution < 1.29 is 4.74 Å². The molecule has 5 heteroatoms. The minimum absolute atomic E-state index is 0.731. The number of aromatic nitrogens is 2. The second-order valence-electron chi connectivity index (χ2n) is 3.07. The van der Waals surface area contributed by atoms with Crippen LogP contribution in [-0.4, -0.2) is 17.1 Å². The molecule has 2 aromatic heterocycles. The Hall–Kier alpha value is -1.62. The summed E-state index contributed by atoms with van der Waals surface area (Å²) < 4.78 is 5.97. The van der Waals surface area contributed by atoms with Gasteiger partial charge in [-0.25, -0.2) is 9.97 Å². The third kappa shape index (κ3) is 2.70. The van der Waals surface area contributed by atoms with Crippen molar-refractivity contribution in [2.45, 2.75) is 0 Å². The van der Waals surface area contributed by atoms with Gasteiger partial charge in [-0.05, 0) is 40.2 Å². The topological polar surface area (TPSA) is 47.0 Å². The van der Waals surface area contributed by atoms with Crippen molar-refractivity contribution in [3.05, 3.63) is 41.1 Å². The molecular weight excluding hydrogens is 270 g/mol. The molecule has 82 valence electrons. The molecule has 0 radical (unpaired) electrons. The highest BCUT2D eigenvalue weighted by Gasteiger charge is 1.97. The third-order valence-electron chi connectivity index (χ3n) is 1.96. The number of nitrogens with one attached hydrogen (secondary N) is 1. The lowest BCUT2D eigenvalue weighted by molar-refractivity contribution is 0.413. The maximum Gasteiger partial charge on any atom is 0.137 e. The van der Waals surface area contributed by atoms with Crippen LogP contribution in [0.2, 0.25) is 0 Å². The van der Waals surface area contributed by atoms with Gasteiger partial charge in [-0.2, -0.15) is 0 Å². The third-order valence-corrected chi connectivity index (χ3v) is 2.42. The van der Waals surface area contributed by atoms with Crippen LogP contribution in [0.4, 0.5) is 11.6 Å². The summed E-state index contributed by atoms with van der Waals surface area (Å²) in [5.41, 5.74) is 0. The molecule has 2 aromatic rings. The quantitative estimate of drug-likeness (QED) is 0.938. The second kappa shape index (κ2) is 4.94. The number of hydrogen-bond acceptors (Lipinski definition) is 4. The molecule has 16 heavy (non-hydrogen) atoms. The van der Waals surface area contributed by atoms with Gasteiger partial charge in [-0.3, -0.25) is 0 Å². The maximum absolute atomic E-state index is 5.02. The first-order valence-electron chi connectivity index (χ1n) is 4.66. The van der Waals surface area contributed by atoms with Gasteiger partial charge in [0.1, 0.15) is 17.4 Å². The van der Waals surface area contributed by atoms with Crippen LogP contribution in [0.1, 0.15) is 0 Å². The Morgan fingerprint density at radius 3 is 2.25 bits per heavy atom. The predicted octanol–water partition coefficient (Wildman–Crippen LogP) is 2.99. The average Bonchev–Trinajstić information content (AvgIpc) is 2.33. The van der Waals surface area contributed by atoms with Crippen molar-refractivity contribution >= 4 is 27.6 Å². The van der Waals surface area contributed by atoms with Crippen LogP contribution < -0.4 is 10.1 Å². The van der Waals surface area contributed by atoms with E-state index in [9.17, 15) is 0 Å². The zero-order chi connectivity index (χ0) is 11.4. The van der Waals surface area contributed by atoms with Gasteiger partial charge in [0.15, 0.2) is 0 Å². The molecule has 0 spiro atoms. The van der Waals surface area contributed by atoms with E-state index < -0.39 is 0 Å². The molecular formula is C11H10BrN3O. The minimum atomic E-state index is 0.731. The van der Waals surface area contributed by atoms with Crippen LogP contribution >= 0.6 is 15.9 Å². The second-order valence-corrected chi connectivity index (χ2v) is 3.99. The summed E-state index contributed by atoms with van der Waals surface area (Å²) in [5.74, 6) is 2.21. The van der Waals surface area contributed by atoms with E-state index in [1.807, 2.05) is 24.3 Å². The van der Waals surface area contributed by atoms with Gasteiger partial charge >= 0.3 is 0 Å². The lowest BCUT2D eigenvalue weighted by Crippen LogP contribution is -1.95. The van der Waals surface area contributed by atoms with Crippen LogP contribution in [-0.2, 0) is 0 Å².